The Morgan fingerprint density at radius 3 is 2.50 bits per heavy atom. The Hall–Kier alpha value is -0.540. The molecule has 0 aromatic heterocycles. The smallest absolute Gasteiger partial charge is 0.261 e. The first-order chi connectivity index (χ1) is 6.04. The van der Waals surface area contributed by atoms with Gasteiger partial charge in [0.25, 0.3) is 5.91 Å². The molecule has 0 aliphatic rings. The molecule has 1 atom stereocenters. The van der Waals surface area contributed by atoms with Gasteiger partial charge in [-0.05, 0) is 12.5 Å². The van der Waals surface area contributed by atoms with Crippen LogP contribution in [0, 0.1) is 0 Å². The van der Waals surface area contributed by atoms with Gasteiger partial charge in [0.2, 0.25) is 0 Å². The normalized spacial score (nSPS) is 13.6. The summed E-state index contributed by atoms with van der Waals surface area (Å²) in [5.74, 6) is 0.0143. The fourth-order valence-corrected chi connectivity index (χ4v) is 1.36. The van der Waals surface area contributed by atoms with Crippen molar-refractivity contribution >= 4 is 5.91 Å². The zero-order chi connectivity index (χ0) is 10.3. The van der Waals surface area contributed by atoms with E-state index in [1.807, 2.05) is 13.1 Å². The quantitative estimate of drug-likeness (QED) is 0.329. The van der Waals surface area contributed by atoms with Crippen LogP contribution < -0.4 is 17.8 Å². The van der Waals surface area contributed by atoms with Crippen LogP contribution in [-0.2, 0) is 4.79 Å². The van der Waals surface area contributed by atoms with Crippen molar-refractivity contribution in [1.82, 2.24) is 5.43 Å². The van der Waals surface area contributed by atoms with E-state index in [2.05, 4.69) is 18.9 Å². The van der Waals surface area contributed by atoms with E-state index in [0.29, 0.717) is 4.59 Å². The van der Waals surface area contributed by atoms with Crippen LogP contribution in [0.4, 0.5) is 0 Å². The molecule has 14 heavy (non-hydrogen) atoms. The summed E-state index contributed by atoms with van der Waals surface area (Å²) in [6.07, 6.45) is 4.10. The molecule has 0 rings (SSSR count). The fourth-order valence-electron chi connectivity index (χ4n) is 1.36. The van der Waals surface area contributed by atoms with Crippen molar-refractivity contribution < 1.29 is 21.8 Å². The summed E-state index contributed by atoms with van der Waals surface area (Å²) < 4.78 is 0.562. The third-order valence-electron chi connectivity index (χ3n) is 1.96. The molecule has 0 aromatic rings. The van der Waals surface area contributed by atoms with Crippen molar-refractivity contribution in [2.75, 3.05) is 20.1 Å². The molecule has 3 nitrogen and oxygen atoms in total. The molecule has 0 radical (unpaired) electrons. The molecule has 0 heterocycles. The van der Waals surface area contributed by atoms with Crippen LogP contribution >= 0.6 is 0 Å². The molecular weight excluding hydrogens is 200 g/mol. The SMILES string of the molecule is C=CC[N+](C)(CCCC)NC(C)=O.[Cl-]. The molecule has 0 saturated heterocycles. The van der Waals surface area contributed by atoms with Gasteiger partial charge in [-0.25, -0.2) is 10.0 Å². The second-order valence-electron chi connectivity index (χ2n) is 3.61. The van der Waals surface area contributed by atoms with E-state index in [4.69, 9.17) is 0 Å². The van der Waals surface area contributed by atoms with Crippen molar-refractivity contribution in [2.45, 2.75) is 26.7 Å². The monoisotopic (exact) mass is 220 g/mol. The summed E-state index contributed by atoms with van der Waals surface area (Å²) in [6, 6.07) is 0. The van der Waals surface area contributed by atoms with Crippen molar-refractivity contribution in [3.05, 3.63) is 12.7 Å². The molecule has 0 aliphatic carbocycles. The van der Waals surface area contributed by atoms with Crippen molar-refractivity contribution in [3.63, 3.8) is 0 Å². The van der Waals surface area contributed by atoms with Gasteiger partial charge in [0.05, 0.1) is 7.05 Å². The minimum absolute atomic E-state index is 0. The van der Waals surface area contributed by atoms with Gasteiger partial charge in [0.15, 0.2) is 0 Å². The zero-order valence-electron chi connectivity index (χ0n) is 9.35. The number of unbranched alkanes of at least 4 members (excludes halogenated alkanes) is 1. The van der Waals surface area contributed by atoms with E-state index in [0.717, 1.165) is 25.9 Å². The van der Waals surface area contributed by atoms with Crippen molar-refractivity contribution in [2.24, 2.45) is 0 Å². The number of hydrogen-bond donors (Lipinski definition) is 1. The lowest BCUT2D eigenvalue weighted by Gasteiger charge is -2.32. The molecule has 0 fully saturated rings. The predicted octanol–water partition coefficient (Wildman–Crippen LogP) is -1.53. The molecule has 0 bridgehead atoms. The van der Waals surface area contributed by atoms with Gasteiger partial charge in [-0.15, -0.1) is 0 Å². The van der Waals surface area contributed by atoms with Crippen LogP contribution in [0.5, 0.6) is 0 Å². The van der Waals surface area contributed by atoms with Gasteiger partial charge < -0.3 is 12.4 Å². The highest BCUT2D eigenvalue weighted by Crippen LogP contribution is 2.01. The molecular formula is C10H21ClN2O. The van der Waals surface area contributed by atoms with E-state index >= 15 is 0 Å². The lowest BCUT2D eigenvalue weighted by Crippen LogP contribution is -3.00. The maximum atomic E-state index is 10.9. The molecule has 1 N–H and O–H groups in total. The Balaban J connectivity index is 0. The number of rotatable bonds is 6. The third-order valence-corrected chi connectivity index (χ3v) is 1.96. The number of likely N-dealkylation sites (N-methyl/N-ethyl adjacent to an activating group) is 1. The van der Waals surface area contributed by atoms with Crippen LogP contribution in [0.3, 0.4) is 0 Å². The summed E-state index contributed by atoms with van der Waals surface area (Å²) in [6.45, 7) is 9.12. The largest absolute Gasteiger partial charge is 1.00 e. The van der Waals surface area contributed by atoms with Crippen LogP contribution in [-0.4, -0.2) is 30.6 Å². The highest BCUT2D eigenvalue weighted by molar-refractivity contribution is 5.71. The topological polar surface area (TPSA) is 29.1 Å². The first kappa shape index (κ1) is 15.9. The maximum absolute atomic E-state index is 10.9. The molecule has 0 saturated carbocycles. The summed E-state index contributed by atoms with van der Waals surface area (Å²) in [7, 11) is 2.01. The van der Waals surface area contributed by atoms with Gasteiger partial charge in [-0.2, -0.15) is 0 Å². The average Bonchev–Trinajstić information content (AvgIpc) is 2.00. The Kier molecular flexibility index (Phi) is 8.89. The zero-order valence-corrected chi connectivity index (χ0v) is 10.1. The number of amides is 1. The standard InChI is InChI=1S/C10H20N2O.ClH/c1-5-7-9-12(4,8-6-2)11-10(3)13;/h6H,2,5,7-9H2,1,3-4H3;1H. The molecule has 0 spiro atoms. The Bertz CT molecular complexity index is 185. The van der Waals surface area contributed by atoms with Crippen LogP contribution in [0.1, 0.15) is 26.7 Å². The summed E-state index contributed by atoms with van der Waals surface area (Å²) in [4.78, 5) is 10.9. The van der Waals surface area contributed by atoms with E-state index in [9.17, 15) is 4.79 Å². The van der Waals surface area contributed by atoms with Gasteiger partial charge >= 0.3 is 0 Å². The number of nitrogens with zero attached hydrogens (tertiary/aromatic N) is 1. The van der Waals surface area contributed by atoms with E-state index < -0.39 is 0 Å². The van der Waals surface area contributed by atoms with Gasteiger partial charge in [0.1, 0.15) is 13.1 Å². The van der Waals surface area contributed by atoms with E-state index in [1.54, 1.807) is 6.92 Å². The lowest BCUT2D eigenvalue weighted by atomic mass is 10.3. The Labute approximate surface area is 93.1 Å². The number of carbonyl (C=O) groups is 1. The number of carbonyl (C=O) groups excluding carboxylic acids is 1. The minimum Gasteiger partial charge on any atom is -1.00 e. The van der Waals surface area contributed by atoms with Crippen molar-refractivity contribution in [3.8, 4) is 0 Å². The second kappa shape index (κ2) is 7.83. The molecule has 1 unspecified atom stereocenters. The number of halogens is 1. The first-order valence-electron chi connectivity index (χ1n) is 4.78. The van der Waals surface area contributed by atoms with Crippen molar-refractivity contribution in [1.29, 1.82) is 0 Å². The summed E-state index contributed by atoms with van der Waals surface area (Å²) in [5, 5.41) is 0. The van der Waals surface area contributed by atoms with Gasteiger partial charge in [-0.1, -0.05) is 19.9 Å². The molecule has 1 amide bonds. The fraction of sp³-hybridized carbons (Fsp3) is 0.700. The predicted molar refractivity (Wildman–Crippen MR) is 54.8 cm³/mol. The second-order valence-corrected chi connectivity index (χ2v) is 3.61. The lowest BCUT2D eigenvalue weighted by molar-refractivity contribution is -0.938. The van der Waals surface area contributed by atoms with Crippen LogP contribution in [0.15, 0.2) is 12.7 Å². The Morgan fingerprint density at radius 1 is 1.57 bits per heavy atom. The number of hydrogen-bond acceptors (Lipinski definition) is 1. The highest BCUT2D eigenvalue weighted by Gasteiger charge is 2.20. The van der Waals surface area contributed by atoms with Gasteiger partial charge in [0, 0.05) is 6.92 Å². The Morgan fingerprint density at radius 2 is 2.14 bits per heavy atom. The summed E-state index contributed by atoms with van der Waals surface area (Å²) in [5.41, 5.74) is 2.92. The average molecular weight is 221 g/mol. The molecule has 0 aromatic carbocycles. The minimum atomic E-state index is 0. The molecule has 0 aliphatic heterocycles. The number of quaternary nitrogens is 1. The van der Waals surface area contributed by atoms with Crippen LogP contribution in [0.2, 0.25) is 0 Å². The molecule has 84 valence electrons. The molecule has 4 heteroatoms. The van der Waals surface area contributed by atoms with Crippen LogP contribution in [0.25, 0.3) is 0 Å². The maximum Gasteiger partial charge on any atom is 0.261 e. The van der Waals surface area contributed by atoms with Gasteiger partial charge in [-0.3, -0.25) is 4.79 Å². The van der Waals surface area contributed by atoms with E-state index in [1.165, 1.54) is 0 Å². The number of nitrogens with one attached hydrogen (secondary N) is 1. The summed E-state index contributed by atoms with van der Waals surface area (Å²) >= 11 is 0. The van der Waals surface area contributed by atoms with E-state index in [-0.39, 0.29) is 18.3 Å². The first-order valence-corrected chi connectivity index (χ1v) is 4.78. The highest BCUT2D eigenvalue weighted by atomic mass is 35.5. The third kappa shape index (κ3) is 6.92.